The van der Waals surface area contributed by atoms with Gasteiger partial charge < -0.3 is 16.6 Å². The van der Waals surface area contributed by atoms with Crippen molar-refractivity contribution in [3.63, 3.8) is 0 Å². The average Bonchev–Trinajstić information content (AvgIpc) is 2.21. The Labute approximate surface area is 93.0 Å². The van der Waals surface area contributed by atoms with Crippen molar-refractivity contribution in [2.45, 2.75) is 19.4 Å². The lowest BCUT2D eigenvalue weighted by atomic mass is 9.99. The first-order chi connectivity index (χ1) is 7.49. The van der Waals surface area contributed by atoms with E-state index >= 15 is 0 Å². The molecule has 0 fully saturated rings. The van der Waals surface area contributed by atoms with Crippen molar-refractivity contribution in [3.05, 3.63) is 33.4 Å². The summed E-state index contributed by atoms with van der Waals surface area (Å²) in [6, 6.07) is 2.22. The Balaban J connectivity index is 3.31. The van der Waals surface area contributed by atoms with Crippen LogP contribution in [-0.2, 0) is 0 Å². The predicted molar refractivity (Wildman–Crippen MR) is 60.1 cm³/mol. The highest BCUT2D eigenvalue weighted by Gasteiger charge is 2.23. The van der Waals surface area contributed by atoms with Gasteiger partial charge in [0.1, 0.15) is 5.75 Å². The number of phenols is 1. The second-order valence-corrected chi connectivity index (χ2v) is 3.60. The van der Waals surface area contributed by atoms with Gasteiger partial charge in [-0.25, -0.2) is 0 Å². The van der Waals surface area contributed by atoms with Crippen molar-refractivity contribution >= 4 is 5.69 Å². The van der Waals surface area contributed by atoms with Gasteiger partial charge in [0, 0.05) is 12.1 Å². The summed E-state index contributed by atoms with van der Waals surface area (Å²) >= 11 is 0. The van der Waals surface area contributed by atoms with Gasteiger partial charge in [-0.1, -0.05) is 0 Å². The number of aromatic hydroxyl groups is 1. The molecule has 0 saturated heterocycles. The summed E-state index contributed by atoms with van der Waals surface area (Å²) < 4.78 is 0. The van der Waals surface area contributed by atoms with E-state index in [0.29, 0.717) is 18.5 Å². The lowest BCUT2D eigenvalue weighted by Gasteiger charge is -2.14. The number of hydrogen-bond acceptors (Lipinski definition) is 5. The molecule has 0 aliphatic rings. The fourth-order valence-electron chi connectivity index (χ4n) is 1.56. The molecule has 1 rings (SSSR count). The molecule has 0 spiro atoms. The maximum Gasteiger partial charge on any atom is 0.277 e. The van der Waals surface area contributed by atoms with Crippen LogP contribution in [0.25, 0.3) is 0 Å². The molecule has 1 aromatic carbocycles. The highest BCUT2D eigenvalue weighted by atomic mass is 16.6. The molecule has 0 aromatic heterocycles. The molecule has 0 aliphatic carbocycles. The van der Waals surface area contributed by atoms with Gasteiger partial charge in [-0.15, -0.1) is 0 Å². The normalized spacial score (nSPS) is 12.4. The zero-order valence-electron chi connectivity index (χ0n) is 9.01. The molecule has 0 bridgehead atoms. The minimum absolute atomic E-state index is 0.116. The first-order valence-corrected chi connectivity index (χ1v) is 4.91. The van der Waals surface area contributed by atoms with E-state index in [1.54, 1.807) is 6.92 Å². The van der Waals surface area contributed by atoms with Gasteiger partial charge in [-0.05, 0) is 31.5 Å². The number of nitrogens with two attached hydrogens (primary N) is 2. The zero-order valence-corrected chi connectivity index (χ0v) is 9.01. The maximum atomic E-state index is 10.8. The quantitative estimate of drug-likeness (QED) is 0.521. The van der Waals surface area contributed by atoms with E-state index in [2.05, 4.69) is 0 Å². The van der Waals surface area contributed by atoms with Crippen molar-refractivity contribution in [2.75, 3.05) is 6.54 Å². The zero-order chi connectivity index (χ0) is 12.3. The second-order valence-electron chi connectivity index (χ2n) is 3.60. The van der Waals surface area contributed by atoms with Crippen molar-refractivity contribution in [2.24, 2.45) is 11.5 Å². The SMILES string of the molecule is Cc1ccc([N+](=O)[O-])c([C@@H](N)CCN)c1O. The van der Waals surface area contributed by atoms with Crippen LogP contribution in [0.3, 0.4) is 0 Å². The van der Waals surface area contributed by atoms with E-state index in [9.17, 15) is 15.2 Å². The Hall–Kier alpha value is -1.66. The van der Waals surface area contributed by atoms with Gasteiger partial charge in [-0.3, -0.25) is 10.1 Å². The molecule has 88 valence electrons. The molecule has 0 radical (unpaired) electrons. The van der Waals surface area contributed by atoms with Crippen molar-refractivity contribution in [1.29, 1.82) is 0 Å². The van der Waals surface area contributed by atoms with E-state index in [-0.39, 0.29) is 17.0 Å². The highest BCUT2D eigenvalue weighted by molar-refractivity contribution is 5.54. The molecule has 0 amide bonds. The summed E-state index contributed by atoms with van der Waals surface area (Å²) in [6.07, 6.45) is 0.387. The number of hydrogen-bond donors (Lipinski definition) is 3. The molecule has 1 aromatic rings. The van der Waals surface area contributed by atoms with Crippen LogP contribution in [0.5, 0.6) is 5.75 Å². The van der Waals surface area contributed by atoms with Gasteiger partial charge in [0.05, 0.1) is 10.5 Å². The third-order valence-corrected chi connectivity index (χ3v) is 2.44. The minimum Gasteiger partial charge on any atom is -0.507 e. The summed E-state index contributed by atoms with van der Waals surface area (Å²) in [6.45, 7) is 1.98. The Morgan fingerprint density at radius 2 is 2.19 bits per heavy atom. The second kappa shape index (κ2) is 4.91. The first kappa shape index (κ1) is 12.4. The van der Waals surface area contributed by atoms with Gasteiger partial charge in [0.15, 0.2) is 0 Å². The minimum atomic E-state index is -0.620. The molecule has 0 aliphatic heterocycles. The predicted octanol–water partition coefficient (Wildman–Crippen LogP) is 0.957. The molecular formula is C10H15N3O3. The molecule has 5 N–H and O–H groups in total. The van der Waals surface area contributed by atoms with E-state index in [1.165, 1.54) is 12.1 Å². The molecule has 0 heterocycles. The fraction of sp³-hybridized carbons (Fsp3) is 0.400. The van der Waals surface area contributed by atoms with Crippen LogP contribution in [0, 0.1) is 17.0 Å². The Bertz CT molecular complexity index is 407. The van der Waals surface area contributed by atoms with E-state index in [1.807, 2.05) is 0 Å². The Morgan fingerprint density at radius 1 is 1.56 bits per heavy atom. The molecule has 0 saturated carbocycles. The van der Waals surface area contributed by atoms with Crippen LogP contribution in [0.15, 0.2) is 12.1 Å². The Morgan fingerprint density at radius 3 is 2.69 bits per heavy atom. The van der Waals surface area contributed by atoms with Gasteiger partial charge in [0.2, 0.25) is 0 Å². The Kier molecular flexibility index (Phi) is 3.81. The first-order valence-electron chi connectivity index (χ1n) is 4.91. The molecule has 6 heteroatoms. The summed E-state index contributed by atoms with van der Waals surface area (Å²) in [5.74, 6) is -0.116. The number of nitrogens with zero attached hydrogens (tertiary/aromatic N) is 1. The lowest BCUT2D eigenvalue weighted by Crippen LogP contribution is -2.17. The summed E-state index contributed by atoms with van der Waals surface area (Å²) in [7, 11) is 0. The van der Waals surface area contributed by atoms with Gasteiger partial charge >= 0.3 is 0 Å². The standard InChI is InChI=1S/C10H15N3O3/c1-6-2-3-8(13(15)16)9(10(6)14)7(12)4-5-11/h2-3,7,14H,4-5,11-12H2,1H3/t7-/m0/s1. The molecular weight excluding hydrogens is 210 g/mol. The van der Waals surface area contributed by atoms with Gasteiger partial charge in [-0.2, -0.15) is 0 Å². The van der Waals surface area contributed by atoms with Gasteiger partial charge in [0.25, 0.3) is 5.69 Å². The summed E-state index contributed by atoms with van der Waals surface area (Å²) in [4.78, 5) is 10.3. The number of phenolic OH excluding ortho intramolecular Hbond substituents is 1. The van der Waals surface area contributed by atoms with E-state index in [0.717, 1.165) is 0 Å². The third kappa shape index (κ3) is 2.29. The van der Waals surface area contributed by atoms with Crippen molar-refractivity contribution in [3.8, 4) is 5.75 Å². The number of benzene rings is 1. The van der Waals surface area contributed by atoms with Crippen LogP contribution in [0.1, 0.15) is 23.6 Å². The largest absolute Gasteiger partial charge is 0.507 e. The maximum absolute atomic E-state index is 10.8. The van der Waals surface area contributed by atoms with E-state index < -0.39 is 11.0 Å². The van der Waals surface area contributed by atoms with Crippen LogP contribution < -0.4 is 11.5 Å². The lowest BCUT2D eigenvalue weighted by molar-refractivity contribution is -0.385. The molecule has 0 unspecified atom stereocenters. The number of nitro benzene ring substituents is 1. The third-order valence-electron chi connectivity index (χ3n) is 2.44. The topological polar surface area (TPSA) is 115 Å². The summed E-state index contributed by atoms with van der Waals surface area (Å²) in [5, 5.41) is 20.6. The molecule has 16 heavy (non-hydrogen) atoms. The monoisotopic (exact) mass is 225 g/mol. The van der Waals surface area contributed by atoms with Crippen LogP contribution in [0.4, 0.5) is 5.69 Å². The number of aryl methyl sites for hydroxylation is 1. The van der Waals surface area contributed by atoms with Crippen molar-refractivity contribution < 1.29 is 10.0 Å². The number of rotatable bonds is 4. The number of nitro groups is 1. The van der Waals surface area contributed by atoms with Crippen LogP contribution >= 0.6 is 0 Å². The summed E-state index contributed by atoms with van der Waals surface area (Å²) in [5.41, 5.74) is 11.7. The van der Waals surface area contributed by atoms with Crippen LogP contribution in [-0.4, -0.2) is 16.6 Å². The molecule has 1 atom stereocenters. The van der Waals surface area contributed by atoms with Crippen molar-refractivity contribution in [1.82, 2.24) is 0 Å². The smallest absolute Gasteiger partial charge is 0.277 e. The molecule has 6 nitrogen and oxygen atoms in total. The fourth-order valence-corrected chi connectivity index (χ4v) is 1.56. The van der Waals surface area contributed by atoms with E-state index in [4.69, 9.17) is 11.5 Å². The van der Waals surface area contributed by atoms with Crippen LogP contribution in [0.2, 0.25) is 0 Å². The highest BCUT2D eigenvalue weighted by Crippen LogP contribution is 2.35. The average molecular weight is 225 g/mol.